The summed E-state index contributed by atoms with van der Waals surface area (Å²) in [7, 11) is 0. The van der Waals surface area contributed by atoms with Gasteiger partial charge in [-0.3, -0.25) is 9.78 Å². The Morgan fingerprint density at radius 3 is 2.57 bits per heavy atom. The first kappa shape index (κ1) is 10.9. The average Bonchev–Trinajstić information content (AvgIpc) is 2.15. The Hall–Kier alpha value is -1.18. The summed E-state index contributed by atoms with van der Waals surface area (Å²) in [6.07, 6.45) is 0.557. The van der Waals surface area contributed by atoms with Crippen LogP contribution < -0.4 is 0 Å². The molecule has 0 amide bonds. The van der Waals surface area contributed by atoms with Crippen molar-refractivity contribution in [1.82, 2.24) is 4.98 Å². The fourth-order valence-corrected chi connectivity index (χ4v) is 1.36. The number of nitrogens with zero attached hydrogens (tertiary/aromatic N) is 1. The predicted octanol–water partition coefficient (Wildman–Crippen LogP) is 3.11. The first-order valence-corrected chi connectivity index (χ1v) is 5.06. The lowest BCUT2D eigenvalue weighted by Gasteiger charge is -2.07. The molecule has 0 atom stereocenters. The molecular formula is C12H17NO. The van der Waals surface area contributed by atoms with Gasteiger partial charge in [-0.05, 0) is 25.0 Å². The van der Waals surface area contributed by atoms with Crippen molar-refractivity contribution in [1.29, 1.82) is 0 Å². The largest absolute Gasteiger partial charge is 0.294 e. The highest BCUT2D eigenvalue weighted by Crippen LogP contribution is 2.15. The molecule has 1 heterocycles. The van der Waals surface area contributed by atoms with Crippen molar-refractivity contribution < 1.29 is 4.79 Å². The van der Waals surface area contributed by atoms with Crippen molar-refractivity contribution >= 4 is 5.78 Å². The molecule has 0 saturated carbocycles. The van der Waals surface area contributed by atoms with Crippen LogP contribution >= 0.6 is 0 Å². The number of Topliss-reactive ketones (excluding diaryl/α,β-unsaturated/α-hetero) is 1. The number of aryl methyl sites for hydroxylation is 1. The molecule has 0 saturated heterocycles. The maximum Gasteiger partial charge on any atom is 0.162 e. The number of hydrogen-bond donors (Lipinski definition) is 0. The second-order valence-corrected chi connectivity index (χ2v) is 3.85. The molecule has 0 fully saturated rings. The second-order valence-electron chi connectivity index (χ2n) is 3.85. The molecule has 76 valence electrons. The summed E-state index contributed by atoms with van der Waals surface area (Å²) in [5.74, 6) is 0.565. The van der Waals surface area contributed by atoms with Gasteiger partial charge in [0.25, 0.3) is 0 Å². The molecule has 0 aromatic carbocycles. The van der Waals surface area contributed by atoms with E-state index < -0.39 is 0 Å². The molecule has 1 aromatic rings. The van der Waals surface area contributed by atoms with Gasteiger partial charge in [0.2, 0.25) is 0 Å². The quantitative estimate of drug-likeness (QED) is 0.687. The number of rotatable bonds is 3. The average molecular weight is 191 g/mol. The lowest BCUT2D eigenvalue weighted by Crippen LogP contribution is -2.02. The highest BCUT2D eigenvalue weighted by atomic mass is 16.1. The first-order chi connectivity index (χ1) is 6.54. The van der Waals surface area contributed by atoms with Crippen molar-refractivity contribution in [2.45, 2.75) is 40.0 Å². The van der Waals surface area contributed by atoms with E-state index in [1.54, 1.807) is 0 Å². The molecule has 0 radical (unpaired) electrons. The van der Waals surface area contributed by atoms with Crippen molar-refractivity contribution in [3.63, 3.8) is 0 Å². The van der Waals surface area contributed by atoms with Crippen LogP contribution in [0.4, 0.5) is 0 Å². The van der Waals surface area contributed by atoms with Crippen LogP contribution in [0.25, 0.3) is 0 Å². The van der Waals surface area contributed by atoms with Gasteiger partial charge in [0.05, 0.1) is 0 Å². The third kappa shape index (κ3) is 2.41. The van der Waals surface area contributed by atoms with Crippen LogP contribution in [0.15, 0.2) is 12.1 Å². The van der Waals surface area contributed by atoms with Gasteiger partial charge in [0.1, 0.15) is 0 Å². The van der Waals surface area contributed by atoms with Crippen LogP contribution in [0.3, 0.4) is 0 Å². The normalized spacial score (nSPS) is 10.6. The number of ketones is 1. The van der Waals surface area contributed by atoms with Crippen molar-refractivity contribution in [3.8, 4) is 0 Å². The van der Waals surface area contributed by atoms with E-state index in [9.17, 15) is 4.79 Å². The summed E-state index contributed by atoms with van der Waals surface area (Å²) < 4.78 is 0. The maximum atomic E-state index is 11.5. The zero-order valence-electron chi connectivity index (χ0n) is 9.29. The number of pyridine rings is 1. The summed E-state index contributed by atoms with van der Waals surface area (Å²) in [5, 5.41) is 0. The fraction of sp³-hybridized carbons (Fsp3) is 0.500. The fourth-order valence-electron chi connectivity index (χ4n) is 1.36. The Balaban J connectivity index is 3.13. The first-order valence-electron chi connectivity index (χ1n) is 5.06. The number of hydrogen-bond acceptors (Lipinski definition) is 2. The minimum absolute atomic E-state index is 0.192. The third-order valence-electron chi connectivity index (χ3n) is 2.21. The Morgan fingerprint density at radius 1 is 1.43 bits per heavy atom. The van der Waals surface area contributed by atoms with Gasteiger partial charge in [-0.2, -0.15) is 0 Å². The highest BCUT2D eigenvalue weighted by molar-refractivity contribution is 5.96. The number of carbonyl (C=O) groups is 1. The van der Waals surface area contributed by atoms with E-state index in [2.05, 4.69) is 18.8 Å². The van der Waals surface area contributed by atoms with Gasteiger partial charge in [0, 0.05) is 23.4 Å². The Labute approximate surface area is 85.4 Å². The molecule has 0 spiro atoms. The SMILES string of the molecule is CCC(=O)c1cc(C)nc(C(C)C)c1. The molecule has 1 rings (SSSR count). The van der Waals surface area contributed by atoms with Crippen LogP contribution in [0.1, 0.15) is 54.9 Å². The Bertz CT molecular complexity index is 342. The summed E-state index contributed by atoms with van der Waals surface area (Å²) in [5.41, 5.74) is 2.72. The zero-order valence-corrected chi connectivity index (χ0v) is 9.29. The summed E-state index contributed by atoms with van der Waals surface area (Å²) in [6, 6.07) is 3.77. The summed E-state index contributed by atoms with van der Waals surface area (Å²) in [6.45, 7) is 7.98. The van der Waals surface area contributed by atoms with E-state index in [-0.39, 0.29) is 5.78 Å². The molecule has 0 unspecified atom stereocenters. The van der Waals surface area contributed by atoms with Gasteiger partial charge < -0.3 is 0 Å². The molecule has 1 aromatic heterocycles. The van der Waals surface area contributed by atoms with Crippen LogP contribution in [0.2, 0.25) is 0 Å². The molecule has 0 N–H and O–H groups in total. The zero-order chi connectivity index (χ0) is 10.7. The number of carbonyl (C=O) groups excluding carboxylic acids is 1. The minimum atomic E-state index is 0.192. The van der Waals surface area contributed by atoms with Crippen LogP contribution in [-0.4, -0.2) is 10.8 Å². The van der Waals surface area contributed by atoms with Gasteiger partial charge in [-0.15, -0.1) is 0 Å². The van der Waals surface area contributed by atoms with E-state index in [4.69, 9.17) is 0 Å². The molecular weight excluding hydrogens is 174 g/mol. The Morgan fingerprint density at radius 2 is 2.07 bits per heavy atom. The van der Waals surface area contributed by atoms with E-state index in [0.717, 1.165) is 17.0 Å². The predicted molar refractivity (Wildman–Crippen MR) is 57.7 cm³/mol. The highest BCUT2D eigenvalue weighted by Gasteiger charge is 2.08. The molecule has 2 nitrogen and oxygen atoms in total. The van der Waals surface area contributed by atoms with Crippen molar-refractivity contribution in [3.05, 3.63) is 29.1 Å². The molecule has 14 heavy (non-hydrogen) atoms. The molecule has 0 aliphatic carbocycles. The topological polar surface area (TPSA) is 30.0 Å². The molecule has 2 heteroatoms. The van der Waals surface area contributed by atoms with Crippen LogP contribution in [-0.2, 0) is 0 Å². The molecule has 0 bridgehead atoms. The van der Waals surface area contributed by atoms with Crippen molar-refractivity contribution in [2.75, 3.05) is 0 Å². The smallest absolute Gasteiger partial charge is 0.162 e. The summed E-state index contributed by atoms with van der Waals surface area (Å²) >= 11 is 0. The van der Waals surface area contributed by atoms with Gasteiger partial charge in [-0.25, -0.2) is 0 Å². The van der Waals surface area contributed by atoms with Gasteiger partial charge >= 0.3 is 0 Å². The van der Waals surface area contributed by atoms with Crippen LogP contribution in [0.5, 0.6) is 0 Å². The van der Waals surface area contributed by atoms with Gasteiger partial charge in [0.15, 0.2) is 5.78 Å². The van der Waals surface area contributed by atoms with Crippen LogP contribution in [0, 0.1) is 6.92 Å². The van der Waals surface area contributed by atoms with Gasteiger partial charge in [-0.1, -0.05) is 20.8 Å². The summed E-state index contributed by atoms with van der Waals surface area (Å²) in [4.78, 5) is 15.9. The van der Waals surface area contributed by atoms with E-state index >= 15 is 0 Å². The maximum absolute atomic E-state index is 11.5. The van der Waals surface area contributed by atoms with E-state index in [1.807, 2.05) is 26.0 Å². The van der Waals surface area contributed by atoms with E-state index in [0.29, 0.717) is 12.3 Å². The van der Waals surface area contributed by atoms with Crippen molar-refractivity contribution in [2.24, 2.45) is 0 Å². The minimum Gasteiger partial charge on any atom is -0.294 e. The molecule has 0 aliphatic heterocycles. The Kier molecular flexibility index (Phi) is 3.39. The monoisotopic (exact) mass is 191 g/mol. The van der Waals surface area contributed by atoms with E-state index in [1.165, 1.54) is 0 Å². The number of aromatic nitrogens is 1. The second kappa shape index (κ2) is 4.36. The lowest BCUT2D eigenvalue weighted by atomic mass is 10.0. The third-order valence-corrected chi connectivity index (χ3v) is 2.21. The molecule has 0 aliphatic rings. The standard InChI is InChI=1S/C12H17NO/c1-5-12(14)10-6-9(4)13-11(7-10)8(2)3/h6-8H,5H2,1-4H3. The lowest BCUT2D eigenvalue weighted by molar-refractivity contribution is 0.0988.